The molecule has 1 saturated carbocycles. The predicted molar refractivity (Wildman–Crippen MR) is 80.7 cm³/mol. The summed E-state index contributed by atoms with van der Waals surface area (Å²) >= 11 is 0. The number of nitrogens with one attached hydrogen (secondary N) is 1. The van der Waals surface area contributed by atoms with Crippen molar-refractivity contribution in [2.45, 2.75) is 58.5 Å². The molecule has 110 valence electrons. The molecule has 0 spiro atoms. The Balaban J connectivity index is 1.97. The average Bonchev–Trinajstić information content (AvgIpc) is 2.62. The van der Waals surface area contributed by atoms with Crippen molar-refractivity contribution in [3.05, 3.63) is 39.4 Å². The van der Waals surface area contributed by atoms with Crippen molar-refractivity contribution in [3.8, 4) is 0 Å². The molecule has 0 aliphatic heterocycles. The SMILES string of the molecule is Cc1c(CNC2CCCC(C)CC2)cccc1[N+](=O)[O-]. The van der Waals surface area contributed by atoms with Gasteiger partial charge in [0.1, 0.15) is 0 Å². The second-order valence-corrected chi connectivity index (χ2v) is 6.01. The Morgan fingerprint density at radius 2 is 2.10 bits per heavy atom. The van der Waals surface area contributed by atoms with Crippen molar-refractivity contribution in [2.75, 3.05) is 0 Å². The highest BCUT2D eigenvalue weighted by Gasteiger charge is 2.17. The van der Waals surface area contributed by atoms with Gasteiger partial charge >= 0.3 is 0 Å². The second-order valence-electron chi connectivity index (χ2n) is 6.01. The monoisotopic (exact) mass is 276 g/mol. The smallest absolute Gasteiger partial charge is 0.272 e. The maximum atomic E-state index is 10.9. The van der Waals surface area contributed by atoms with Gasteiger partial charge in [0.2, 0.25) is 0 Å². The van der Waals surface area contributed by atoms with E-state index in [1.165, 1.54) is 32.1 Å². The maximum Gasteiger partial charge on any atom is 0.272 e. The van der Waals surface area contributed by atoms with E-state index < -0.39 is 0 Å². The summed E-state index contributed by atoms with van der Waals surface area (Å²) in [5.41, 5.74) is 2.04. The van der Waals surface area contributed by atoms with Crippen LogP contribution in [-0.2, 0) is 6.54 Å². The number of rotatable bonds is 4. The Morgan fingerprint density at radius 3 is 2.85 bits per heavy atom. The van der Waals surface area contributed by atoms with Gasteiger partial charge in [-0.25, -0.2) is 0 Å². The van der Waals surface area contributed by atoms with E-state index in [-0.39, 0.29) is 10.6 Å². The highest BCUT2D eigenvalue weighted by atomic mass is 16.6. The third-order valence-electron chi connectivity index (χ3n) is 4.45. The summed E-state index contributed by atoms with van der Waals surface area (Å²) in [6.07, 6.45) is 6.33. The summed E-state index contributed by atoms with van der Waals surface area (Å²) in [5.74, 6) is 0.835. The summed E-state index contributed by atoms with van der Waals surface area (Å²) in [6.45, 7) is 4.89. The van der Waals surface area contributed by atoms with Crippen molar-refractivity contribution < 1.29 is 4.92 Å². The van der Waals surface area contributed by atoms with E-state index >= 15 is 0 Å². The molecular formula is C16H24N2O2. The molecule has 1 N–H and O–H groups in total. The van der Waals surface area contributed by atoms with Crippen molar-refractivity contribution in [3.63, 3.8) is 0 Å². The molecule has 4 nitrogen and oxygen atoms in total. The molecule has 0 heterocycles. The van der Waals surface area contributed by atoms with Gasteiger partial charge in [0.25, 0.3) is 5.69 Å². The summed E-state index contributed by atoms with van der Waals surface area (Å²) in [5, 5.41) is 14.5. The van der Waals surface area contributed by atoms with Crippen LogP contribution in [0.2, 0.25) is 0 Å². The maximum absolute atomic E-state index is 10.9. The highest BCUT2D eigenvalue weighted by Crippen LogP contribution is 2.24. The molecule has 0 aromatic heterocycles. The zero-order chi connectivity index (χ0) is 14.5. The lowest BCUT2D eigenvalue weighted by atomic mass is 10.0. The second kappa shape index (κ2) is 6.84. The molecule has 1 aliphatic carbocycles. The summed E-state index contributed by atoms with van der Waals surface area (Å²) in [4.78, 5) is 10.6. The molecule has 0 saturated heterocycles. The van der Waals surface area contributed by atoms with Crippen LogP contribution in [0.25, 0.3) is 0 Å². The van der Waals surface area contributed by atoms with Gasteiger partial charge in [-0.15, -0.1) is 0 Å². The first-order valence-corrected chi connectivity index (χ1v) is 7.54. The van der Waals surface area contributed by atoms with Crippen LogP contribution < -0.4 is 5.32 Å². The van der Waals surface area contributed by atoms with Crippen molar-refractivity contribution in [1.82, 2.24) is 5.32 Å². The third kappa shape index (κ3) is 3.79. The number of hydrogen-bond donors (Lipinski definition) is 1. The van der Waals surface area contributed by atoms with E-state index in [1.807, 2.05) is 13.0 Å². The first-order valence-electron chi connectivity index (χ1n) is 7.54. The molecule has 20 heavy (non-hydrogen) atoms. The van der Waals surface area contributed by atoms with Crippen LogP contribution in [0, 0.1) is 23.0 Å². The lowest BCUT2D eigenvalue weighted by Gasteiger charge is -2.17. The van der Waals surface area contributed by atoms with E-state index in [9.17, 15) is 10.1 Å². The Bertz CT molecular complexity index is 474. The average molecular weight is 276 g/mol. The summed E-state index contributed by atoms with van der Waals surface area (Å²) in [6, 6.07) is 5.89. The summed E-state index contributed by atoms with van der Waals surface area (Å²) < 4.78 is 0. The van der Waals surface area contributed by atoms with Crippen molar-refractivity contribution in [1.29, 1.82) is 0 Å². The van der Waals surface area contributed by atoms with E-state index in [2.05, 4.69) is 12.2 Å². The van der Waals surface area contributed by atoms with E-state index in [0.717, 1.165) is 23.6 Å². The zero-order valence-electron chi connectivity index (χ0n) is 12.4. The number of benzene rings is 1. The molecule has 1 aliphatic rings. The van der Waals surface area contributed by atoms with Gasteiger partial charge in [0.15, 0.2) is 0 Å². The van der Waals surface area contributed by atoms with Gasteiger partial charge in [-0.3, -0.25) is 10.1 Å². The van der Waals surface area contributed by atoms with Crippen LogP contribution in [0.1, 0.15) is 50.2 Å². The molecule has 0 radical (unpaired) electrons. The Labute approximate surface area is 120 Å². The molecule has 2 atom stereocenters. The largest absolute Gasteiger partial charge is 0.310 e. The minimum absolute atomic E-state index is 0.221. The standard InChI is InChI=1S/C16H24N2O2/c1-12-5-3-7-15(10-9-12)17-11-14-6-4-8-16(13(14)2)18(19)20/h4,6,8,12,15,17H,3,5,7,9-11H2,1-2H3. The van der Waals surface area contributed by atoms with E-state index in [1.54, 1.807) is 12.1 Å². The van der Waals surface area contributed by atoms with Crippen LogP contribution in [0.3, 0.4) is 0 Å². The first kappa shape index (κ1) is 15.0. The van der Waals surface area contributed by atoms with Gasteiger partial charge in [0, 0.05) is 24.2 Å². The topological polar surface area (TPSA) is 55.2 Å². The van der Waals surface area contributed by atoms with Crippen LogP contribution in [0.15, 0.2) is 18.2 Å². The van der Waals surface area contributed by atoms with Gasteiger partial charge in [0.05, 0.1) is 4.92 Å². The van der Waals surface area contributed by atoms with Crippen LogP contribution in [-0.4, -0.2) is 11.0 Å². The van der Waals surface area contributed by atoms with Gasteiger partial charge < -0.3 is 5.32 Å². The van der Waals surface area contributed by atoms with Gasteiger partial charge in [-0.05, 0) is 37.7 Å². The van der Waals surface area contributed by atoms with Crippen LogP contribution in [0.4, 0.5) is 5.69 Å². The highest BCUT2D eigenvalue weighted by molar-refractivity contribution is 5.44. The van der Waals surface area contributed by atoms with E-state index in [4.69, 9.17) is 0 Å². The molecule has 1 fully saturated rings. The van der Waals surface area contributed by atoms with Gasteiger partial charge in [-0.1, -0.05) is 31.9 Å². The predicted octanol–water partition coefficient (Wildman–Crippen LogP) is 3.96. The first-order chi connectivity index (χ1) is 9.58. The van der Waals surface area contributed by atoms with Crippen molar-refractivity contribution in [2.24, 2.45) is 5.92 Å². The molecule has 0 amide bonds. The molecule has 1 aromatic carbocycles. The van der Waals surface area contributed by atoms with Crippen LogP contribution in [0.5, 0.6) is 0 Å². The Kier molecular flexibility index (Phi) is 5.12. The lowest BCUT2D eigenvalue weighted by molar-refractivity contribution is -0.385. The number of nitro groups is 1. The minimum atomic E-state index is -0.299. The van der Waals surface area contributed by atoms with E-state index in [0.29, 0.717) is 6.04 Å². The number of nitro benzene ring substituents is 1. The molecule has 1 aromatic rings. The lowest BCUT2D eigenvalue weighted by Crippen LogP contribution is -2.28. The van der Waals surface area contributed by atoms with Gasteiger partial charge in [-0.2, -0.15) is 0 Å². The molecule has 0 bridgehead atoms. The zero-order valence-corrected chi connectivity index (χ0v) is 12.4. The fraction of sp³-hybridized carbons (Fsp3) is 0.625. The quantitative estimate of drug-likeness (QED) is 0.514. The molecule has 4 heteroatoms. The Morgan fingerprint density at radius 1 is 1.30 bits per heavy atom. The third-order valence-corrected chi connectivity index (χ3v) is 4.45. The molecule has 2 unspecified atom stereocenters. The van der Waals surface area contributed by atoms with Crippen LogP contribution >= 0.6 is 0 Å². The number of hydrogen-bond acceptors (Lipinski definition) is 3. The molecular weight excluding hydrogens is 252 g/mol. The fourth-order valence-electron chi connectivity index (χ4n) is 3.00. The minimum Gasteiger partial charge on any atom is -0.310 e. The Hall–Kier alpha value is -1.42. The normalized spacial score (nSPS) is 23.3. The van der Waals surface area contributed by atoms with Crippen molar-refractivity contribution >= 4 is 5.69 Å². The summed E-state index contributed by atoms with van der Waals surface area (Å²) in [7, 11) is 0. The molecule has 2 rings (SSSR count). The fourth-order valence-corrected chi connectivity index (χ4v) is 3.00. The number of nitrogens with zero attached hydrogens (tertiary/aromatic N) is 1.